The maximum Gasteiger partial charge on any atom is 0.408 e. The molecule has 0 heterocycles. The van der Waals surface area contributed by atoms with E-state index in [4.69, 9.17) is 28.4 Å². The van der Waals surface area contributed by atoms with Crippen LogP contribution in [-0.2, 0) is 54.6 Å². The van der Waals surface area contributed by atoms with Crippen molar-refractivity contribution in [2.45, 2.75) is 38.1 Å². The largest absolute Gasteiger partial charge is 0.493 e. The zero-order chi connectivity index (χ0) is 35.0. The third kappa shape index (κ3) is 11.3. The zero-order valence-corrected chi connectivity index (χ0v) is 27.4. The standard InChI is InChI=1S/C37H38N2O10/c1-44-32-19-16-28(21-31(35(41)46-3)39-37(43)48-24-27-12-8-5-9-13-27)22-33(32)49-29-17-14-25(15-18-29)20-30(34(40)45-2)38-36(42)47-23-26-10-6-4-7-11-26/h4-19,22,30-31H,20-21,23-24H2,1-3H3,(H,38,42)(H,39,43)/t30-,31-/m0/s1. The fraction of sp³-hybridized carbons (Fsp3) is 0.243. The Bertz CT molecular complexity index is 1680. The van der Waals surface area contributed by atoms with Crippen LogP contribution in [0.4, 0.5) is 9.59 Å². The van der Waals surface area contributed by atoms with Crippen LogP contribution in [0.3, 0.4) is 0 Å². The average molecular weight is 671 g/mol. The van der Waals surface area contributed by atoms with Crippen molar-refractivity contribution in [2.24, 2.45) is 0 Å². The first-order valence-electron chi connectivity index (χ1n) is 15.3. The Labute approximate surface area is 284 Å². The van der Waals surface area contributed by atoms with Crippen molar-refractivity contribution < 1.29 is 47.6 Å². The van der Waals surface area contributed by atoms with Crippen molar-refractivity contribution >= 4 is 24.1 Å². The van der Waals surface area contributed by atoms with Crippen LogP contribution in [0.25, 0.3) is 0 Å². The number of rotatable bonds is 15. The van der Waals surface area contributed by atoms with Crippen LogP contribution in [0.5, 0.6) is 17.2 Å². The Kier molecular flexibility index (Phi) is 13.4. The van der Waals surface area contributed by atoms with Gasteiger partial charge in [0, 0.05) is 12.8 Å². The monoisotopic (exact) mass is 670 g/mol. The summed E-state index contributed by atoms with van der Waals surface area (Å²) in [5, 5.41) is 5.13. The molecular formula is C37H38N2O10. The Hall–Kier alpha value is -6.04. The highest BCUT2D eigenvalue weighted by Crippen LogP contribution is 2.33. The van der Waals surface area contributed by atoms with Crippen LogP contribution in [0, 0.1) is 0 Å². The lowest BCUT2D eigenvalue weighted by Crippen LogP contribution is -2.43. The van der Waals surface area contributed by atoms with E-state index in [9.17, 15) is 19.2 Å². The number of amides is 2. The van der Waals surface area contributed by atoms with Gasteiger partial charge in [-0.3, -0.25) is 0 Å². The Morgan fingerprint density at radius 3 is 1.49 bits per heavy atom. The number of esters is 2. The van der Waals surface area contributed by atoms with Crippen molar-refractivity contribution in [2.75, 3.05) is 21.3 Å². The third-order valence-electron chi connectivity index (χ3n) is 7.24. The minimum atomic E-state index is -1.03. The number of carbonyl (C=O) groups is 4. The number of benzene rings is 4. The highest BCUT2D eigenvalue weighted by Gasteiger charge is 2.25. The number of nitrogens with one attached hydrogen (secondary N) is 2. The summed E-state index contributed by atoms with van der Waals surface area (Å²) in [7, 11) is 3.98. The molecule has 4 aromatic carbocycles. The van der Waals surface area contributed by atoms with Gasteiger partial charge in [0.25, 0.3) is 0 Å². The summed E-state index contributed by atoms with van der Waals surface area (Å²) in [6.45, 7) is 0.0967. The maximum atomic E-state index is 12.5. The summed E-state index contributed by atoms with van der Waals surface area (Å²) >= 11 is 0. The van der Waals surface area contributed by atoms with E-state index in [1.807, 2.05) is 60.7 Å². The van der Waals surface area contributed by atoms with Gasteiger partial charge in [0.1, 0.15) is 31.0 Å². The van der Waals surface area contributed by atoms with E-state index in [1.165, 1.54) is 21.3 Å². The predicted octanol–water partition coefficient (Wildman–Crippen LogP) is 5.51. The van der Waals surface area contributed by atoms with E-state index in [2.05, 4.69) is 10.6 Å². The van der Waals surface area contributed by atoms with Gasteiger partial charge >= 0.3 is 24.1 Å². The number of methoxy groups -OCH3 is 3. The van der Waals surface area contributed by atoms with Crippen LogP contribution in [0.1, 0.15) is 22.3 Å². The van der Waals surface area contributed by atoms with Crippen LogP contribution in [0.2, 0.25) is 0 Å². The van der Waals surface area contributed by atoms with Crippen molar-refractivity contribution in [1.29, 1.82) is 0 Å². The van der Waals surface area contributed by atoms with E-state index in [1.54, 1.807) is 42.5 Å². The molecule has 0 spiro atoms. The number of ether oxygens (including phenoxy) is 6. The molecule has 12 nitrogen and oxygen atoms in total. The van der Waals surface area contributed by atoms with Gasteiger partial charge in [0.2, 0.25) is 0 Å². The molecule has 0 aliphatic heterocycles. The molecular weight excluding hydrogens is 632 g/mol. The van der Waals surface area contributed by atoms with Crippen molar-refractivity contribution in [3.63, 3.8) is 0 Å². The van der Waals surface area contributed by atoms with Gasteiger partial charge in [-0.25, -0.2) is 19.2 Å². The highest BCUT2D eigenvalue weighted by atomic mass is 16.6. The predicted molar refractivity (Wildman–Crippen MR) is 178 cm³/mol. The van der Waals surface area contributed by atoms with Gasteiger partial charge in [0.15, 0.2) is 11.5 Å². The molecule has 12 heteroatoms. The zero-order valence-electron chi connectivity index (χ0n) is 27.4. The smallest absolute Gasteiger partial charge is 0.408 e. The third-order valence-corrected chi connectivity index (χ3v) is 7.24. The summed E-state index contributed by atoms with van der Waals surface area (Å²) in [4.78, 5) is 49.9. The SMILES string of the molecule is COC(=O)[C@H](Cc1ccc(Oc2cc(C[C@H](NC(=O)OCc3ccccc3)C(=O)OC)ccc2OC)cc1)NC(=O)OCc1ccccc1. The first-order chi connectivity index (χ1) is 23.8. The first kappa shape index (κ1) is 35.8. The van der Waals surface area contributed by atoms with E-state index in [-0.39, 0.29) is 26.1 Å². The van der Waals surface area contributed by atoms with Gasteiger partial charge in [-0.05, 0) is 46.5 Å². The van der Waals surface area contributed by atoms with E-state index in [0.29, 0.717) is 22.8 Å². The lowest BCUT2D eigenvalue weighted by Gasteiger charge is -2.18. The molecule has 0 unspecified atom stereocenters. The quantitative estimate of drug-likeness (QED) is 0.123. The molecule has 4 rings (SSSR count). The van der Waals surface area contributed by atoms with Gasteiger partial charge in [-0.2, -0.15) is 0 Å². The lowest BCUT2D eigenvalue weighted by molar-refractivity contribution is -0.143. The fourth-order valence-electron chi connectivity index (χ4n) is 4.70. The van der Waals surface area contributed by atoms with Crippen LogP contribution in [-0.4, -0.2) is 57.5 Å². The van der Waals surface area contributed by atoms with Crippen LogP contribution in [0.15, 0.2) is 103 Å². The van der Waals surface area contributed by atoms with Crippen molar-refractivity contribution in [1.82, 2.24) is 10.6 Å². The normalized spacial score (nSPS) is 11.7. The second-order valence-electron chi connectivity index (χ2n) is 10.7. The Morgan fingerprint density at radius 1 is 0.551 bits per heavy atom. The van der Waals surface area contributed by atoms with E-state index >= 15 is 0 Å². The first-order valence-corrected chi connectivity index (χ1v) is 15.3. The molecule has 4 aromatic rings. The molecule has 256 valence electrons. The molecule has 0 aromatic heterocycles. The molecule has 2 N–H and O–H groups in total. The van der Waals surface area contributed by atoms with Gasteiger partial charge in [-0.15, -0.1) is 0 Å². The fourth-order valence-corrected chi connectivity index (χ4v) is 4.70. The van der Waals surface area contributed by atoms with Crippen LogP contribution >= 0.6 is 0 Å². The second-order valence-corrected chi connectivity index (χ2v) is 10.7. The van der Waals surface area contributed by atoms with Crippen molar-refractivity contribution in [3.05, 3.63) is 125 Å². The molecule has 0 bridgehead atoms. The highest BCUT2D eigenvalue weighted by molar-refractivity contribution is 5.82. The average Bonchev–Trinajstić information content (AvgIpc) is 3.13. The van der Waals surface area contributed by atoms with Gasteiger partial charge < -0.3 is 39.1 Å². The van der Waals surface area contributed by atoms with E-state index in [0.717, 1.165) is 16.7 Å². The van der Waals surface area contributed by atoms with Crippen molar-refractivity contribution in [3.8, 4) is 17.2 Å². The topological polar surface area (TPSA) is 148 Å². The minimum Gasteiger partial charge on any atom is -0.493 e. The molecule has 0 saturated carbocycles. The minimum absolute atomic E-state index is 0.0427. The van der Waals surface area contributed by atoms with Crippen LogP contribution < -0.4 is 20.1 Å². The summed E-state index contributed by atoms with van der Waals surface area (Å²) in [5.41, 5.74) is 2.98. The number of alkyl carbamates (subject to hydrolysis) is 2. The van der Waals surface area contributed by atoms with Gasteiger partial charge in [-0.1, -0.05) is 78.9 Å². The second kappa shape index (κ2) is 18.3. The van der Waals surface area contributed by atoms with E-state index < -0.39 is 36.2 Å². The van der Waals surface area contributed by atoms with Gasteiger partial charge in [0.05, 0.1) is 21.3 Å². The summed E-state index contributed by atoms with van der Waals surface area (Å²) in [6.07, 6.45) is -1.29. The molecule has 49 heavy (non-hydrogen) atoms. The lowest BCUT2D eigenvalue weighted by atomic mass is 10.0. The molecule has 0 aliphatic carbocycles. The number of hydrogen-bond acceptors (Lipinski definition) is 10. The Morgan fingerprint density at radius 2 is 1.02 bits per heavy atom. The molecule has 2 atom stereocenters. The maximum absolute atomic E-state index is 12.5. The molecule has 2 amide bonds. The molecule has 0 fully saturated rings. The number of hydrogen-bond donors (Lipinski definition) is 2. The summed E-state index contributed by atoms with van der Waals surface area (Å²) in [6, 6.07) is 28.3. The number of carbonyl (C=O) groups excluding carboxylic acids is 4. The molecule has 0 saturated heterocycles. The molecule has 0 aliphatic rings. The summed E-state index contributed by atoms with van der Waals surface area (Å²) < 4.78 is 31.9. The summed E-state index contributed by atoms with van der Waals surface area (Å²) in [5.74, 6) is -0.0198. The molecule has 0 radical (unpaired) electrons. The Balaban J connectivity index is 1.38.